The zero-order chi connectivity index (χ0) is 15.4. The molecular weight excluding hydrogens is 362 g/mol. The Balaban J connectivity index is 2.25. The van der Waals surface area contributed by atoms with Gasteiger partial charge in [0.15, 0.2) is 5.69 Å². The van der Waals surface area contributed by atoms with E-state index >= 15 is 0 Å². The first-order chi connectivity index (χ1) is 10.0. The van der Waals surface area contributed by atoms with Gasteiger partial charge in [-0.2, -0.15) is 0 Å². The van der Waals surface area contributed by atoms with Crippen LogP contribution in [0.15, 0.2) is 28.1 Å². The van der Waals surface area contributed by atoms with Crippen LogP contribution in [0.2, 0.25) is 0 Å². The normalized spacial score (nSPS) is 10.2. The Morgan fingerprint density at radius 1 is 1.57 bits per heavy atom. The van der Waals surface area contributed by atoms with Crippen molar-refractivity contribution in [2.45, 2.75) is 6.54 Å². The van der Waals surface area contributed by atoms with Crippen molar-refractivity contribution in [3.05, 3.63) is 48.7 Å². The number of nitrogens with one attached hydrogen (secondary N) is 1. The number of thiophene rings is 1. The molecule has 7 nitrogen and oxygen atoms in total. The Bertz CT molecular complexity index is 689. The van der Waals surface area contributed by atoms with Crippen LogP contribution in [-0.2, 0) is 11.3 Å². The van der Waals surface area contributed by atoms with Gasteiger partial charge in [-0.1, -0.05) is 0 Å². The van der Waals surface area contributed by atoms with E-state index in [-0.39, 0.29) is 17.2 Å². The Hall–Kier alpha value is -2.00. The molecule has 0 unspecified atom stereocenters. The molecule has 0 saturated carbocycles. The number of methoxy groups -OCH3 is 1. The molecule has 21 heavy (non-hydrogen) atoms. The van der Waals surface area contributed by atoms with Gasteiger partial charge in [0.25, 0.3) is 0 Å². The van der Waals surface area contributed by atoms with Gasteiger partial charge in [-0.05, 0) is 28.1 Å². The lowest BCUT2D eigenvalue weighted by Gasteiger charge is -2.06. The third-order valence-electron chi connectivity index (χ3n) is 2.52. The van der Waals surface area contributed by atoms with Crippen molar-refractivity contribution < 1.29 is 14.5 Å². The first-order valence-electron chi connectivity index (χ1n) is 5.72. The quantitative estimate of drug-likeness (QED) is 0.492. The van der Waals surface area contributed by atoms with Gasteiger partial charge in [0.2, 0.25) is 5.82 Å². The molecule has 0 aliphatic heterocycles. The summed E-state index contributed by atoms with van der Waals surface area (Å²) in [5.74, 6) is -0.612. The fourth-order valence-corrected chi connectivity index (χ4v) is 2.96. The first kappa shape index (κ1) is 15.4. The molecule has 1 N–H and O–H groups in total. The molecule has 0 aliphatic carbocycles. The average molecular weight is 372 g/mol. The van der Waals surface area contributed by atoms with Crippen LogP contribution in [-0.4, -0.2) is 23.0 Å². The lowest BCUT2D eigenvalue weighted by atomic mass is 10.3. The molecule has 0 fully saturated rings. The van der Waals surface area contributed by atoms with Crippen LogP contribution in [0.3, 0.4) is 0 Å². The number of esters is 1. The van der Waals surface area contributed by atoms with E-state index in [9.17, 15) is 14.9 Å². The number of carbonyl (C=O) groups excluding carboxylic acids is 1. The predicted octanol–water partition coefficient (Wildman–Crippen LogP) is 3.21. The summed E-state index contributed by atoms with van der Waals surface area (Å²) in [6.45, 7) is 0.370. The molecule has 2 aromatic heterocycles. The molecule has 0 radical (unpaired) electrons. The van der Waals surface area contributed by atoms with E-state index < -0.39 is 10.9 Å². The number of halogens is 1. The van der Waals surface area contributed by atoms with Crippen molar-refractivity contribution in [3.8, 4) is 0 Å². The molecular formula is C12H10BrN3O4S. The van der Waals surface area contributed by atoms with Crippen LogP contribution in [0, 0.1) is 10.1 Å². The second-order valence-corrected chi connectivity index (χ2v) is 5.81. The first-order valence-corrected chi connectivity index (χ1v) is 7.39. The highest BCUT2D eigenvalue weighted by molar-refractivity contribution is 9.10. The highest BCUT2D eigenvalue weighted by Crippen LogP contribution is 2.25. The topological polar surface area (TPSA) is 94.4 Å². The number of pyridine rings is 1. The Labute approximate surface area is 132 Å². The van der Waals surface area contributed by atoms with Crippen molar-refractivity contribution in [2.24, 2.45) is 0 Å². The van der Waals surface area contributed by atoms with E-state index in [1.807, 2.05) is 11.4 Å². The Morgan fingerprint density at radius 2 is 2.33 bits per heavy atom. The van der Waals surface area contributed by atoms with Gasteiger partial charge in [-0.15, -0.1) is 11.3 Å². The average Bonchev–Trinajstić information content (AvgIpc) is 2.89. The molecule has 0 atom stereocenters. The largest absolute Gasteiger partial charge is 0.464 e. The fourth-order valence-electron chi connectivity index (χ4n) is 1.56. The summed E-state index contributed by atoms with van der Waals surface area (Å²) < 4.78 is 5.49. The standard InChI is InChI=1S/C12H10BrN3O4S/c1-20-12(17)9-2-3-10(16(18)19)11(15-9)14-5-8-4-7(13)6-21-8/h2-4,6H,5H2,1H3,(H,14,15). The van der Waals surface area contributed by atoms with Crippen LogP contribution < -0.4 is 5.32 Å². The van der Waals surface area contributed by atoms with E-state index in [1.54, 1.807) is 0 Å². The smallest absolute Gasteiger partial charge is 0.356 e. The summed E-state index contributed by atoms with van der Waals surface area (Å²) in [4.78, 5) is 26.8. The SMILES string of the molecule is COC(=O)c1ccc([N+](=O)[O-])c(NCc2cc(Br)cs2)n1. The number of ether oxygens (including phenoxy) is 1. The highest BCUT2D eigenvalue weighted by atomic mass is 79.9. The molecule has 0 spiro atoms. The molecule has 2 rings (SSSR count). The minimum atomic E-state index is -0.646. The number of nitrogens with zero attached hydrogens (tertiary/aromatic N) is 2. The summed E-state index contributed by atoms with van der Waals surface area (Å²) in [5.41, 5.74) is -0.184. The third-order valence-corrected chi connectivity index (χ3v) is 4.21. The van der Waals surface area contributed by atoms with Gasteiger partial charge < -0.3 is 10.1 Å². The number of hydrogen-bond donors (Lipinski definition) is 1. The summed E-state index contributed by atoms with van der Waals surface area (Å²) in [6.07, 6.45) is 0. The minimum Gasteiger partial charge on any atom is -0.464 e. The number of nitro groups is 1. The third kappa shape index (κ3) is 3.76. The van der Waals surface area contributed by atoms with E-state index in [2.05, 4.69) is 31.0 Å². The molecule has 0 bridgehead atoms. The summed E-state index contributed by atoms with van der Waals surface area (Å²) in [6, 6.07) is 4.39. The van der Waals surface area contributed by atoms with E-state index in [4.69, 9.17) is 0 Å². The molecule has 0 amide bonds. The predicted molar refractivity (Wildman–Crippen MR) is 81.6 cm³/mol. The van der Waals surface area contributed by atoms with E-state index in [1.165, 1.54) is 30.6 Å². The number of aromatic nitrogens is 1. The summed E-state index contributed by atoms with van der Waals surface area (Å²) in [7, 11) is 1.22. The molecule has 0 aromatic carbocycles. The van der Waals surface area contributed by atoms with E-state index in [0.29, 0.717) is 6.54 Å². The van der Waals surface area contributed by atoms with Crippen molar-refractivity contribution in [1.29, 1.82) is 0 Å². The molecule has 9 heteroatoms. The maximum Gasteiger partial charge on any atom is 0.356 e. The second-order valence-electron chi connectivity index (χ2n) is 3.90. The monoisotopic (exact) mass is 371 g/mol. The van der Waals surface area contributed by atoms with Gasteiger partial charge in [0, 0.05) is 20.8 Å². The molecule has 110 valence electrons. The van der Waals surface area contributed by atoms with Crippen LogP contribution in [0.4, 0.5) is 11.5 Å². The van der Waals surface area contributed by atoms with Crippen molar-refractivity contribution in [2.75, 3.05) is 12.4 Å². The van der Waals surface area contributed by atoms with Gasteiger partial charge in [-0.3, -0.25) is 10.1 Å². The van der Waals surface area contributed by atoms with Gasteiger partial charge in [0.05, 0.1) is 18.6 Å². The molecule has 2 heterocycles. The molecule has 0 saturated heterocycles. The van der Waals surface area contributed by atoms with Crippen molar-refractivity contribution in [3.63, 3.8) is 0 Å². The number of anilines is 1. The van der Waals surface area contributed by atoms with Gasteiger partial charge >= 0.3 is 11.7 Å². The van der Waals surface area contributed by atoms with E-state index in [0.717, 1.165) is 9.35 Å². The van der Waals surface area contributed by atoms with Crippen LogP contribution in [0.1, 0.15) is 15.4 Å². The molecule has 2 aromatic rings. The molecule has 0 aliphatic rings. The lowest BCUT2D eigenvalue weighted by molar-refractivity contribution is -0.384. The second kappa shape index (κ2) is 6.64. The Kier molecular flexibility index (Phi) is 4.86. The summed E-state index contributed by atoms with van der Waals surface area (Å²) in [5, 5.41) is 15.8. The zero-order valence-corrected chi connectivity index (χ0v) is 13.2. The fraction of sp³-hybridized carbons (Fsp3) is 0.167. The van der Waals surface area contributed by atoms with Gasteiger partial charge in [0.1, 0.15) is 0 Å². The number of hydrogen-bond acceptors (Lipinski definition) is 7. The zero-order valence-electron chi connectivity index (χ0n) is 10.8. The maximum absolute atomic E-state index is 11.4. The van der Waals surface area contributed by atoms with Gasteiger partial charge in [-0.25, -0.2) is 9.78 Å². The minimum absolute atomic E-state index is 0.0120. The van der Waals surface area contributed by atoms with Crippen molar-refractivity contribution in [1.82, 2.24) is 4.98 Å². The van der Waals surface area contributed by atoms with Crippen LogP contribution in [0.25, 0.3) is 0 Å². The lowest BCUT2D eigenvalue weighted by Crippen LogP contribution is -2.09. The summed E-state index contributed by atoms with van der Waals surface area (Å²) >= 11 is 4.83. The highest BCUT2D eigenvalue weighted by Gasteiger charge is 2.19. The number of rotatable bonds is 5. The van der Waals surface area contributed by atoms with Crippen LogP contribution in [0.5, 0.6) is 0 Å². The number of carbonyl (C=O) groups is 1. The Morgan fingerprint density at radius 3 is 2.90 bits per heavy atom. The maximum atomic E-state index is 11.4. The van der Waals surface area contributed by atoms with Crippen molar-refractivity contribution >= 4 is 44.7 Å². The van der Waals surface area contributed by atoms with Crippen LogP contribution >= 0.6 is 27.3 Å².